The van der Waals surface area contributed by atoms with Crippen LogP contribution in [-0.4, -0.2) is 73.4 Å². The number of ether oxygens (including phenoxy) is 2. The molecule has 0 radical (unpaired) electrons. The summed E-state index contributed by atoms with van der Waals surface area (Å²) in [6.07, 6.45) is 3.12. The average Bonchev–Trinajstić information content (AvgIpc) is 3.64. The van der Waals surface area contributed by atoms with Gasteiger partial charge in [0.1, 0.15) is 18.8 Å². The number of rotatable bonds is 8. The van der Waals surface area contributed by atoms with Gasteiger partial charge in [-0.1, -0.05) is 36.3 Å². The van der Waals surface area contributed by atoms with Gasteiger partial charge >= 0.3 is 12.1 Å². The number of imidazole rings is 1. The molecular weight excluding hydrogens is 487 g/mol. The van der Waals surface area contributed by atoms with Crippen LogP contribution in [0.2, 0.25) is 0 Å². The quantitative estimate of drug-likeness (QED) is 0.298. The summed E-state index contributed by atoms with van der Waals surface area (Å²) in [6, 6.07) is 9.04. The predicted octanol–water partition coefficient (Wildman–Crippen LogP) is 1.24. The number of aromatic nitrogens is 4. The van der Waals surface area contributed by atoms with Gasteiger partial charge in [-0.25, -0.2) is 14.2 Å². The normalized spacial score (nSPS) is 25.0. The van der Waals surface area contributed by atoms with Crippen molar-refractivity contribution in [2.24, 2.45) is 0 Å². The van der Waals surface area contributed by atoms with Gasteiger partial charge in [0.05, 0.1) is 12.9 Å². The maximum absolute atomic E-state index is 15.7. The molecule has 3 aromatic rings. The van der Waals surface area contributed by atoms with Gasteiger partial charge < -0.3 is 29.4 Å². The number of hydrogen-bond acceptors (Lipinski definition) is 10. The lowest BCUT2D eigenvalue weighted by Crippen LogP contribution is -2.42. The van der Waals surface area contributed by atoms with E-state index in [0.717, 1.165) is 18.4 Å². The third-order valence-corrected chi connectivity index (χ3v) is 6.35. The Morgan fingerprint density at radius 1 is 1.38 bits per heavy atom. The largest absolute Gasteiger partial charge is 0.443 e. The maximum atomic E-state index is 15.7. The Hall–Kier alpha value is -3.99. The summed E-state index contributed by atoms with van der Waals surface area (Å²) >= 11 is 0. The monoisotopic (exact) mass is 512 g/mol. The van der Waals surface area contributed by atoms with Crippen LogP contribution >= 0.6 is 0 Å². The number of hydrogen-bond donors (Lipinski definition) is 3. The summed E-state index contributed by atoms with van der Waals surface area (Å²) in [6.45, 7) is -0.623. The van der Waals surface area contributed by atoms with E-state index in [2.05, 4.69) is 20.4 Å². The molecule has 1 aromatic carbocycles. The Labute approximate surface area is 210 Å². The molecule has 1 saturated carbocycles. The number of carbonyl (C=O) groups is 1. The molecule has 3 heterocycles. The topological polar surface area (TPSA) is 144 Å². The Kier molecular flexibility index (Phi) is 6.55. The van der Waals surface area contributed by atoms with Gasteiger partial charge in [-0.3, -0.25) is 4.57 Å². The van der Waals surface area contributed by atoms with Gasteiger partial charge in [0.15, 0.2) is 23.2 Å². The molecule has 194 valence electrons. The summed E-state index contributed by atoms with van der Waals surface area (Å²) in [5.41, 5.74) is 0.635. The number of aliphatic hydroxyl groups excluding tert-OH is 2. The molecule has 12 nitrogen and oxygen atoms in total. The molecule has 2 aliphatic rings. The van der Waals surface area contributed by atoms with E-state index < -0.39 is 36.8 Å². The van der Waals surface area contributed by atoms with Gasteiger partial charge in [0.25, 0.3) is 0 Å². The molecule has 37 heavy (non-hydrogen) atoms. The van der Waals surface area contributed by atoms with E-state index in [1.807, 2.05) is 36.1 Å². The Morgan fingerprint density at radius 3 is 2.81 bits per heavy atom. The lowest BCUT2D eigenvalue weighted by atomic mass is 9.97. The second kappa shape index (κ2) is 9.81. The van der Waals surface area contributed by atoms with Gasteiger partial charge in [-0.2, -0.15) is 9.97 Å². The number of aliphatic hydroxyl groups is 2. The molecule has 2 aromatic heterocycles. The minimum absolute atomic E-state index is 0.0242. The fourth-order valence-electron chi connectivity index (χ4n) is 4.14. The number of fused-ring (bicyclic) bond motifs is 1. The molecule has 1 aliphatic carbocycles. The fourth-order valence-corrected chi connectivity index (χ4v) is 4.14. The first-order chi connectivity index (χ1) is 17.9. The molecule has 5 rings (SSSR count). The van der Waals surface area contributed by atoms with Crippen molar-refractivity contribution in [2.75, 3.05) is 18.6 Å². The zero-order valence-corrected chi connectivity index (χ0v) is 19.8. The Morgan fingerprint density at radius 2 is 2.14 bits per heavy atom. The van der Waals surface area contributed by atoms with Crippen molar-refractivity contribution >= 4 is 23.1 Å². The molecule has 1 amide bonds. The number of benzene rings is 1. The van der Waals surface area contributed by atoms with Crippen LogP contribution < -0.4 is 15.2 Å². The molecule has 1 saturated heterocycles. The SMILES string of the molecule is C#C[C@@]1(F)[C@H](O)[C@@H](CO)O[C@H]1n1cnc2c(N(C)C3CC3)nc(ONC(=O)OCc3ccccc3)nc21. The van der Waals surface area contributed by atoms with Crippen molar-refractivity contribution < 1.29 is 33.7 Å². The minimum atomic E-state index is -2.67. The summed E-state index contributed by atoms with van der Waals surface area (Å²) in [7, 11) is 1.82. The molecule has 3 N–H and O–H groups in total. The maximum Gasteiger partial charge on any atom is 0.441 e. The van der Waals surface area contributed by atoms with Crippen molar-refractivity contribution in [3.05, 3.63) is 42.2 Å². The molecule has 13 heteroatoms. The first-order valence-electron chi connectivity index (χ1n) is 11.6. The molecular formula is C24H25FN6O6. The van der Waals surface area contributed by atoms with Gasteiger partial charge in [0, 0.05) is 13.1 Å². The number of nitrogens with zero attached hydrogens (tertiary/aromatic N) is 5. The number of halogens is 1. The zero-order valence-electron chi connectivity index (χ0n) is 19.8. The van der Waals surface area contributed by atoms with E-state index in [4.69, 9.17) is 20.7 Å². The number of alkyl halides is 1. The van der Waals surface area contributed by atoms with E-state index in [1.54, 1.807) is 12.1 Å². The summed E-state index contributed by atoms with van der Waals surface area (Å²) in [5, 5.41) is 19.9. The van der Waals surface area contributed by atoms with Crippen molar-refractivity contribution in [1.82, 2.24) is 25.0 Å². The third-order valence-electron chi connectivity index (χ3n) is 6.35. The highest BCUT2D eigenvalue weighted by Gasteiger charge is 2.57. The standard InChI is InChI=1S/C24H25FN6O6/c1-3-24(25)18(33)16(11-32)36-21(24)31-13-26-17-19(30(2)15-9-10-15)27-22(28-20(17)31)37-29-23(34)35-12-14-7-5-4-6-8-14/h1,4-8,13,15-16,18,21,32-33H,9-12H2,2H3,(H,29,34)/t16-,18-,21-,24-/m1/s1. The number of carbonyl (C=O) groups excluding carboxylic acids is 1. The first-order valence-corrected chi connectivity index (χ1v) is 11.6. The Balaban J connectivity index is 1.43. The molecule has 2 fully saturated rings. The van der Waals surface area contributed by atoms with Gasteiger partial charge in [-0.05, 0) is 18.4 Å². The highest BCUT2D eigenvalue weighted by atomic mass is 19.1. The van der Waals surface area contributed by atoms with Crippen molar-refractivity contribution in [2.45, 2.75) is 49.6 Å². The lowest BCUT2D eigenvalue weighted by Gasteiger charge is -2.24. The zero-order chi connectivity index (χ0) is 26.2. The highest BCUT2D eigenvalue weighted by Crippen LogP contribution is 2.43. The van der Waals surface area contributed by atoms with E-state index in [1.165, 1.54) is 10.9 Å². The second-order valence-corrected chi connectivity index (χ2v) is 8.83. The van der Waals surface area contributed by atoms with Crippen molar-refractivity contribution in [3.8, 4) is 18.4 Å². The lowest BCUT2D eigenvalue weighted by molar-refractivity contribution is -0.0504. The minimum Gasteiger partial charge on any atom is -0.443 e. The fraction of sp³-hybridized carbons (Fsp3) is 0.417. The van der Waals surface area contributed by atoms with Gasteiger partial charge in [0.2, 0.25) is 5.67 Å². The van der Waals surface area contributed by atoms with Crippen LogP contribution in [0, 0.1) is 12.3 Å². The van der Waals surface area contributed by atoms with Crippen molar-refractivity contribution in [3.63, 3.8) is 0 Å². The smallest absolute Gasteiger partial charge is 0.441 e. The number of terminal acetylenes is 1. The third kappa shape index (κ3) is 4.62. The van der Waals surface area contributed by atoms with Crippen LogP contribution in [0.3, 0.4) is 0 Å². The number of nitrogens with one attached hydrogen (secondary N) is 1. The first kappa shape index (κ1) is 24.7. The van der Waals surface area contributed by atoms with Crippen molar-refractivity contribution in [1.29, 1.82) is 0 Å². The second-order valence-electron chi connectivity index (χ2n) is 8.83. The number of hydroxylamine groups is 1. The predicted molar refractivity (Wildman–Crippen MR) is 127 cm³/mol. The summed E-state index contributed by atoms with van der Waals surface area (Å²) in [4.78, 5) is 32.3. The van der Waals surface area contributed by atoms with E-state index in [0.29, 0.717) is 11.3 Å². The van der Waals surface area contributed by atoms with Crippen LogP contribution in [0.5, 0.6) is 6.01 Å². The summed E-state index contributed by atoms with van der Waals surface area (Å²) < 4.78 is 27.6. The van der Waals surface area contributed by atoms with E-state index >= 15 is 4.39 Å². The molecule has 0 unspecified atom stereocenters. The van der Waals surface area contributed by atoms with Crippen LogP contribution in [0.1, 0.15) is 24.6 Å². The molecule has 0 spiro atoms. The Bertz CT molecular complexity index is 1330. The van der Waals surface area contributed by atoms with Crippen LogP contribution in [0.25, 0.3) is 11.2 Å². The van der Waals surface area contributed by atoms with E-state index in [-0.39, 0.29) is 24.3 Å². The van der Waals surface area contributed by atoms with Gasteiger partial charge in [-0.15, -0.1) is 11.9 Å². The van der Waals surface area contributed by atoms with Crippen LogP contribution in [-0.2, 0) is 16.1 Å². The van der Waals surface area contributed by atoms with Crippen LogP contribution in [0.4, 0.5) is 15.0 Å². The highest BCUT2D eigenvalue weighted by molar-refractivity contribution is 5.84. The molecule has 1 aliphatic heterocycles. The molecule has 4 atom stereocenters. The van der Waals surface area contributed by atoms with E-state index in [9.17, 15) is 15.0 Å². The molecule has 0 bridgehead atoms. The van der Waals surface area contributed by atoms with Crippen LogP contribution in [0.15, 0.2) is 36.7 Å². The average molecular weight is 512 g/mol. The number of anilines is 1. The number of amides is 1. The summed E-state index contributed by atoms with van der Waals surface area (Å²) in [5.74, 6) is 2.32.